The molecule has 0 bridgehead atoms. The highest BCUT2D eigenvalue weighted by Crippen LogP contribution is 2.33. The number of amides is 1. The van der Waals surface area contributed by atoms with Gasteiger partial charge in [-0.1, -0.05) is 12.1 Å². The number of aromatic nitrogens is 2. The van der Waals surface area contributed by atoms with E-state index in [1.807, 2.05) is 0 Å². The van der Waals surface area contributed by atoms with Crippen LogP contribution >= 0.6 is 0 Å². The van der Waals surface area contributed by atoms with Crippen LogP contribution in [0.3, 0.4) is 0 Å². The van der Waals surface area contributed by atoms with E-state index in [-0.39, 0.29) is 24.3 Å². The predicted octanol–water partition coefficient (Wildman–Crippen LogP) is 1.50. The van der Waals surface area contributed by atoms with Crippen LogP contribution in [0.5, 0.6) is 0 Å². The van der Waals surface area contributed by atoms with Crippen molar-refractivity contribution in [3.63, 3.8) is 0 Å². The van der Waals surface area contributed by atoms with Crippen molar-refractivity contribution in [2.45, 2.75) is 18.6 Å². The largest absolute Gasteiger partial charge is 0.391 e. The fourth-order valence-corrected chi connectivity index (χ4v) is 2.57. The van der Waals surface area contributed by atoms with Crippen LogP contribution in [-0.2, 0) is 0 Å². The minimum absolute atomic E-state index is 0.190. The van der Waals surface area contributed by atoms with E-state index in [0.29, 0.717) is 12.0 Å². The molecule has 0 aliphatic carbocycles. The number of aliphatic hydroxyl groups is 1. The minimum atomic E-state index is -0.569. The van der Waals surface area contributed by atoms with Gasteiger partial charge in [0.1, 0.15) is 5.82 Å². The van der Waals surface area contributed by atoms with Gasteiger partial charge >= 0.3 is 0 Å². The summed E-state index contributed by atoms with van der Waals surface area (Å²) in [5.74, 6) is -0.510. The Bertz CT molecular complexity index is 597. The van der Waals surface area contributed by atoms with Gasteiger partial charge in [-0.2, -0.15) is 5.10 Å². The number of aromatic amines is 1. The summed E-state index contributed by atoms with van der Waals surface area (Å²) in [7, 11) is 0. The predicted molar refractivity (Wildman–Crippen MR) is 69.4 cm³/mol. The van der Waals surface area contributed by atoms with Crippen molar-refractivity contribution in [3.05, 3.63) is 53.6 Å². The summed E-state index contributed by atoms with van der Waals surface area (Å²) in [6, 6.07) is 5.77. The maximum absolute atomic E-state index is 13.0. The molecule has 0 radical (unpaired) electrons. The highest BCUT2D eigenvalue weighted by Gasteiger charge is 2.35. The molecule has 1 saturated heterocycles. The molecule has 2 aromatic rings. The number of nitrogens with one attached hydrogen (secondary N) is 1. The molecule has 0 unspecified atom stereocenters. The third-order valence-corrected chi connectivity index (χ3v) is 3.54. The topological polar surface area (TPSA) is 69.2 Å². The van der Waals surface area contributed by atoms with E-state index in [1.54, 1.807) is 17.0 Å². The number of hydrogen-bond acceptors (Lipinski definition) is 3. The number of H-pyrrole nitrogens is 1. The summed E-state index contributed by atoms with van der Waals surface area (Å²) in [5, 5.41) is 16.2. The lowest BCUT2D eigenvalue weighted by Gasteiger charge is -2.24. The summed E-state index contributed by atoms with van der Waals surface area (Å²) in [4.78, 5) is 14.0. The molecule has 6 heteroatoms. The Morgan fingerprint density at radius 2 is 2.15 bits per heavy atom. The first kappa shape index (κ1) is 12.8. The highest BCUT2D eigenvalue weighted by molar-refractivity contribution is 5.94. The Kier molecular flexibility index (Phi) is 3.23. The van der Waals surface area contributed by atoms with Crippen LogP contribution in [0.2, 0.25) is 0 Å². The Labute approximate surface area is 115 Å². The van der Waals surface area contributed by atoms with E-state index in [4.69, 9.17) is 0 Å². The van der Waals surface area contributed by atoms with E-state index in [0.717, 1.165) is 5.56 Å². The van der Waals surface area contributed by atoms with Gasteiger partial charge in [0.25, 0.3) is 5.91 Å². The number of rotatable bonds is 2. The molecule has 1 aliphatic heterocycles. The van der Waals surface area contributed by atoms with Crippen molar-refractivity contribution in [3.8, 4) is 0 Å². The fraction of sp³-hybridized carbons (Fsp3) is 0.286. The van der Waals surface area contributed by atoms with E-state index >= 15 is 0 Å². The molecule has 0 saturated carbocycles. The standard InChI is InChI=1S/C14H14FN3O2/c15-11-3-1-9(2-4-11)13-5-12(19)8-18(13)14(20)10-6-16-17-7-10/h1-4,6-7,12-13,19H,5,8H2,(H,16,17)/t12-,13-/m0/s1. The molecule has 3 rings (SSSR count). The molecule has 1 aliphatic rings. The Morgan fingerprint density at radius 3 is 2.80 bits per heavy atom. The molecular formula is C14H14FN3O2. The van der Waals surface area contributed by atoms with Crippen LogP contribution in [0.25, 0.3) is 0 Å². The summed E-state index contributed by atoms with van der Waals surface area (Å²) < 4.78 is 13.0. The summed E-state index contributed by atoms with van der Waals surface area (Å²) >= 11 is 0. The van der Waals surface area contributed by atoms with Crippen LogP contribution in [0.15, 0.2) is 36.7 Å². The van der Waals surface area contributed by atoms with E-state index < -0.39 is 6.10 Å². The highest BCUT2D eigenvalue weighted by atomic mass is 19.1. The van der Waals surface area contributed by atoms with Gasteiger partial charge < -0.3 is 10.0 Å². The number of carbonyl (C=O) groups excluding carboxylic acids is 1. The molecule has 2 atom stereocenters. The Balaban J connectivity index is 1.89. The van der Waals surface area contributed by atoms with Gasteiger partial charge in [-0.25, -0.2) is 4.39 Å². The zero-order chi connectivity index (χ0) is 14.1. The first-order chi connectivity index (χ1) is 9.65. The number of carbonyl (C=O) groups is 1. The number of benzene rings is 1. The van der Waals surface area contributed by atoms with Gasteiger partial charge in [0.05, 0.1) is 23.9 Å². The maximum Gasteiger partial charge on any atom is 0.257 e. The summed E-state index contributed by atoms with van der Waals surface area (Å²) in [6.07, 6.45) is 2.86. The summed E-state index contributed by atoms with van der Waals surface area (Å²) in [6.45, 7) is 0.270. The second-order valence-corrected chi connectivity index (χ2v) is 4.90. The van der Waals surface area contributed by atoms with E-state index in [1.165, 1.54) is 24.5 Å². The monoisotopic (exact) mass is 275 g/mol. The third kappa shape index (κ3) is 2.30. The van der Waals surface area contributed by atoms with Crippen LogP contribution in [0.4, 0.5) is 4.39 Å². The van der Waals surface area contributed by atoms with E-state index in [2.05, 4.69) is 10.2 Å². The van der Waals surface area contributed by atoms with Gasteiger partial charge in [0.15, 0.2) is 0 Å². The van der Waals surface area contributed by atoms with Crippen molar-refractivity contribution in [1.29, 1.82) is 0 Å². The lowest BCUT2D eigenvalue weighted by Crippen LogP contribution is -2.31. The van der Waals surface area contributed by atoms with Crippen LogP contribution in [-0.4, -0.2) is 38.8 Å². The van der Waals surface area contributed by atoms with Gasteiger partial charge in [-0.3, -0.25) is 9.89 Å². The second-order valence-electron chi connectivity index (χ2n) is 4.90. The smallest absolute Gasteiger partial charge is 0.257 e. The SMILES string of the molecule is O=C(c1cn[nH]c1)N1C[C@@H](O)C[C@H]1c1ccc(F)cc1. The molecule has 0 spiro atoms. The molecule has 1 aromatic carbocycles. The quantitative estimate of drug-likeness (QED) is 0.872. The first-order valence-electron chi connectivity index (χ1n) is 6.38. The molecular weight excluding hydrogens is 261 g/mol. The van der Waals surface area contributed by atoms with Crippen molar-refractivity contribution < 1.29 is 14.3 Å². The molecule has 1 aromatic heterocycles. The lowest BCUT2D eigenvalue weighted by molar-refractivity contribution is 0.0716. The van der Waals surface area contributed by atoms with E-state index in [9.17, 15) is 14.3 Å². The zero-order valence-electron chi connectivity index (χ0n) is 10.7. The second kappa shape index (κ2) is 5.05. The lowest BCUT2D eigenvalue weighted by atomic mass is 10.0. The number of halogens is 1. The van der Waals surface area contributed by atoms with Crippen molar-refractivity contribution in [2.24, 2.45) is 0 Å². The fourth-order valence-electron chi connectivity index (χ4n) is 2.57. The van der Waals surface area contributed by atoms with Crippen molar-refractivity contribution >= 4 is 5.91 Å². The van der Waals surface area contributed by atoms with Crippen LogP contribution in [0, 0.1) is 5.82 Å². The van der Waals surface area contributed by atoms with Crippen molar-refractivity contribution in [2.75, 3.05) is 6.54 Å². The third-order valence-electron chi connectivity index (χ3n) is 3.54. The average Bonchev–Trinajstić information content (AvgIpc) is 3.08. The van der Waals surface area contributed by atoms with Crippen LogP contribution in [0.1, 0.15) is 28.4 Å². The molecule has 1 fully saturated rings. The molecule has 104 valence electrons. The number of nitrogens with zero attached hydrogens (tertiary/aromatic N) is 2. The average molecular weight is 275 g/mol. The first-order valence-corrected chi connectivity index (χ1v) is 6.38. The van der Waals surface area contributed by atoms with Gasteiger partial charge in [0.2, 0.25) is 0 Å². The summed E-state index contributed by atoms with van der Waals surface area (Å²) in [5.41, 5.74) is 1.27. The zero-order valence-corrected chi connectivity index (χ0v) is 10.7. The van der Waals surface area contributed by atoms with Gasteiger partial charge in [-0.05, 0) is 24.1 Å². The molecule has 1 amide bonds. The Morgan fingerprint density at radius 1 is 1.40 bits per heavy atom. The minimum Gasteiger partial charge on any atom is -0.391 e. The molecule has 2 N–H and O–H groups in total. The number of hydrogen-bond donors (Lipinski definition) is 2. The number of aliphatic hydroxyl groups excluding tert-OH is 1. The molecule has 20 heavy (non-hydrogen) atoms. The van der Waals surface area contributed by atoms with Gasteiger partial charge in [-0.15, -0.1) is 0 Å². The number of likely N-dealkylation sites (tertiary alicyclic amines) is 1. The Hall–Kier alpha value is -2.21. The van der Waals surface area contributed by atoms with Crippen LogP contribution < -0.4 is 0 Å². The maximum atomic E-state index is 13.0. The number of β-amino-alcohol motifs (C(OH)–C–C–N with tert-alkyl or cyclic N) is 1. The van der Waals surface area contributed by atoms with Crippen molar-refractivity contribution in [1.82, 2.24) is 15.1 Å². The van der Waals surface area contributed by atoms with Gasteiger partial charge in [0, 0.05) is 12.7 Å². The molecule has 2 heterocycles. The normalized spacial score (nSPS) is 22.2. The molecule has 5 nitrogen and oxygen atoms in total.